The SMILES string of the molecule is COC1(Br)C=CC=CC1=O. The molecule has 0 bridgehead atoms. The maximum Gasteiger partial charge on any atom is 0.203 e. The Morgan fingerprint density at radius 1 is 1.60 bits per heavy atom. The summed E-state index contributed by atoms with van der Waals surface area (Å²) in [5.74, 6) is -0.0856. The van der Waals surface area contributed by atoms with Gasteiger partial charge in [-0.15, -0.1) is 0 Å². The lowest BCUT2D eigenvalue weighted by Crippen LogP contribution is -2.31. The molecule has 10 heavy (non-hydrogen) atoms. The highest BCUT2D eigenvalue weighted by molar-refractivity contribution is 9.10. The number of hydrogen-bond donors (Lipinski definition) is 0. The molecule has 0 aromatic heterocycles. The molecule has 0 aliphatic heterocycles. The molecule has 1 unspecified atom stereocenters. The summed E-state index contributed by atoms with van der Waals surface area (Å²) < 4.78 is 4.01. The lowest BCUT2D eigenvalue weighted by Gasteiger charge is -2.19. The van der Waals surface area contributed by atoms with Crippen molar-refractivity contribution < 1.29 is 9.53 Å². The Kier molecular flexibility index (Phi) is 2.06. The number of ether oxygens (including phenoxy) is 1. The van der Waals surface area contributed by atoms with Crippen LogP contribution in [0, 0.1) is 0 Å². The molecule has 2 nitrogen and oxygen atoms in total. The molecule has 1 aliphatic carbocycles. The van der Waals surface area contributed by atoms with Crippen molar-refractivity contribution in [1.29, 1.82) is 0 Å². The largest absolute Gasteiger partial charge is 0.356 e. The number of hydrogen-bond acceptors (Lipinski definition) is 2. The minimum absolute atomic E-state index is 0.0856. The van der Waals surface area contributed by atoms with Crippen LogP contribution in [0.2, 0.25) is 0 Å². The second-order valence-corrected chi connectivity index (χ2v) is 3.11. The van der Waals surface area contributed by atoms with E-state index in [1.807, 2.05) is 0 Å². The smallest absolute Gasteiger partial charge is 0.203 e. The van der Waals surface area contributed by atoms with E-state index >= 15 is 0 Å². The van der Waals surface area contributed by atoms with Crippen molar-refractivity contribution in [3.63, 3.8) is 0 Å². The summed E-state index contributed by atoms with van der Waals surface area (Å²) >= 11 is 3.15. The van der Waals surface area contributed by atoms with Gasteiger partial charge in [-0.3, -0.25) is 4.79 Å². The number of carbonyl (C=O) groups is 1. The Morgan fingerprint density at radius 3 is 2.70 bits per heavy atom. The van der Waals surface area contributed by atoms with Crippen LogP contribution in [-0.2, 0) is 9.53 Å². The first kappa shape index (κ1) is 7.69. The van der Waals surface area contributed by atoms with E-state index in [2.05, 4.69) is 15.9 Å². The van der Waals surface area contributed by atoms with Gasteiger partial charge in [-0.1, -0.05) is 12.2 Å². The van der Waals surface area contributed by atoms with Crippen molar-refractivity contribution in [3.05, 3.63) is 24.3 Å². The highest BCUT2D eigenvalue weighted by atomic mass is 79.9. The Morgan fingerprint density at radius 2 is 2.30 bits per heavy atom. The average Bonchev–Trinajstić information content (AvgIpc) is 1.96. The van der Waals surface area contributed by atoms with Gasteiger partial charge < -0.3 is 4.74 Å². The van der Waals surface area contributed by atoms with Gasteiger partial charge in [0.1, 0.15) is 0 Å². The number of allylic oxidation sites excluding steroid dienone is 2. The van der Waals surface area contributed by atoms with E-state index in [-0.39, 0.29) is 5.78 Å². The van der Waals surface area contributed by atoms with Crippen LogP contribution in [0.1, 0.15) is 0 Å². The van der Waals surface area contributed by atoms with Gasteiger partial charge in [0.2, 0.25) is 10.3 Å². The predicted octanol–water partition coefficient (Wildman–Crippen LogP) is 1.42. The van der Waals surface area contributed by atoms with Crippen molar-refractivity contribution in [1.82, 2.24) is 0 Å². The molecule has 0 amide bonds. The van der Waals surface area contributed by atoms with Crippen LogP contribution in [-0.4, -0.2) is 17.4 Å². The molecule has 0 spiro atoms. The quantitative estimate of drug-likeness (QED) is 0.602. The van der Waals surface area contributed by atoms with E-state index in [0.717, 1.165) is 0 Å². The average molecular weight is 203 g/mol. The molecule has 3 heteroatoms. The third-order valence-electron chi connectivity index (χ3n) is 1.30. The summed E-state index contributed by atoms with van der Waals surface area (Å²) in [6.45, 7) is 0. The standard InChI is InChI=1S/C7H7BrO2/c1-10-7(8)5-3-2-4-6(7)9/h2-5H,1H3. The van der Waals surface area contributed by atoms with Crippen molar-refractivity contribution in [2.24, 2.45) is 0 Å². The van der Waals surface area contributed by atoms with E-state index in [1.54, 1.807) is 18.2 Å². The van der Waals surface area contributed by atoms with Gasteiger partial charge in [0.15, 0.2) is 0 Å². The molecule has 1 rings (SSSR count). The molecule has 1 atom stereocenters. The summed E-state index contributed by atoms with van der Waals surface area (Å²) in [7, 11) is 1.48. The second-order valence-electron chi connectivity index (χ2n) is 1.93. The molecule has 0 aromatic carbocycles. The monoisotopic (exact) mass is 202 g/mol. The number of halogens is 1. The van der Waals surface area contributed by atoms with Gasteiger partial charge in [0, 0.05) is 7.11 Å². The number of methoxy groups -OCH3 is 1. The summed E-state index contributed by atoms with van der Waals surface area (Å²) in [5, 5.41) is 0. The normalized spacial score (nSPS) is 31.2. The predicted molar refractivity (Wildman–Crippen MR) is 42.0 cm³/mol. The number of rotatable bonds is 1. The maximum absolute atomic E-state index is 11.0. The Labute approximate surface area is 67.7 Å². The van der Waals surface area contributed by atoms with Crippen molar-refractivity contribution >= 4 is 21.7 Å². The van der Waals surface area contributed by atoms with Crippen LogP contribution in [0.4, 0.5) is 0 Å². The first-order valence-corrected chi connectivity index (χ1v) is 3.63. The van der Waals surface area contributed by atoms with Crippen LogP contribution >= 0.6 is 15.9 Å². The van der Waals surface area contributed by atoms with E-state index in [1.165, 1.54) is 13.2 Å². The maximum atomic E-state index is 11.0. The van der Waals surface area contributed by atoms with Gasteiger partial charge in [-0.2, -0.15) is 0 Å². The van der Waals surface area contributed by atoms with Gasteiger partial charge in [-0.05, 0) is 28.1 Å². The molecule has 0 fully saturated rings. The van der Waals surface area contributed by atoms with E-state index in [4.69, 9.17) is 4.74 Å². The topological polar surface area (TPSA) is 26.3 Å². The van der Waals surface area contributed by atoms with Crippen molar-refractivity contribution in [2.75, 3.05) is 7.11 Å². The van der Waals surface area contributed by atoms with Crippen LogP contribution < -0.4 is 0 Å². The van der Waals surface area contributed by atoms with Crippen molar-refractivity contribution in [2.45, 2.75) is 4.51 Å². The van der Waals surface area contributed by atoms with E-state index in [9.17, 15) is 4.79 Å². The summed E-state index contributed by atoms with van der Waals surface area (Å²) in [5.41, 5.74) is 0. The Bertz CT molecular complexity index is 208. The molecule has 0 saturated carbocycles. The fourth-order valence-electron chi connectivity index (χ4n) is 0.687. The van der Waals surface area contributed by atoms with Gasteiger partial charge in [0.25, 0.3) is 0 Å². The number of carbonyl (C=O) groups excluding carboxylic acids is 1. The minimum atomic E-state index is -0.915. The highest BCUT2D eigenvalue weighted by Crippen LogP contribution is 2.24. The zero-order valence-corrected chi connectivity index (χ0v) is 7.09. The molecule has 0 heterocycles. The Hall–Kier alpha value is -0.410. The molecule has 0 saturated heterocycles. The molecule has 0 radical (unpaired) electrons. The zero-order chi connectivity index (χ0) is 7.61. The van der Waals surface area contributed by atoms with Crippen LogP contribution in [0.25, 0.3) is 0 Å². The summed E-state index contributed by atoms with van der Waals surface area (Å²) in [6, 6.07) is 0. The van der Waals surface area contributed by atoms with Crippen LogP contribution in [0.3, 0.4) is 0 Å². The zero-order valence-electron chi connectivity index (χ0n) is 5.50. The van der Waals surface area contributed by atoms with Crippen LogP contribution in [0.5, 0.6) is 0 Å². The molecule has 1 aliphatic rings. The molecule has 54 valence electrons. The fourth-order valence-corrected chi connectivity index (χ4v) is 0.971. The first-order chi connectivity index (χ1) is 4.69. The minimum Gasteiger partial charge on any atom is -0.356 e. The lowest BCUT2D eigenvalue weighted by molar-refractivity contribution is -0.123. The van der Waals surface area contributed by atoms with Crippen molar-refractivity contribution in [3.8, 4) is 0 Å². The third-order valence-corrected chi connectivity index (χ3v) is 2.28. The lowest BCUT2D eigenvalue weighted by atomic mass is 10.1. The molecular weight excluding hydrogens is 196 g/mol. The van der Waals surface area contributed by atoms with Gasteiger partial charge >= 0.3 is 0 Å². The summed E-state index contributed by atoms with van der Waals surface area (Å²) in [6.07, 6.45) is 6.58. The Balaban J connectivity index is 2.88. The first-order valence-electron chi connectivity index (χ1n) is 2.83. The van der Waals surface area contributed by atoms with Crippen LogP contribution in [0.15, 0.2) is 24.3 Å². The molecule has 0 aromatic rings. The molecular formula is C7H7BrO2. The van der Waals surface area contributed by atoms with E-state index < -0.39 is 4.51 Å². The summed E-state index contributed by atoms with van der Waals surface area (Å²) in [4.78, 5) is 11.0. The van der Waals surface area contributed by atoms with Gasteiger partial charge in [0.05, 0.1) is 0 Å². The molecule has 0 N–H and O–H groups in total. The third kappa shape index (κ3) is 1.20. The highest BCUT2D eigenvalue weighted by Gasteiger charge is 2.31. The second kappa shape index (κ2) is 2.68. The van der Waals surface area contributed by atoms with Gasteiger partial charge in [-0.25, -0.2) is 0 Å². The van der Waals surface area contributed by atoms with E-state index in [0.29, 0.717) is 0 Å². The fraction of sp³-hybridized carbons (Fsp3) is 0.286. The number of alkyl halides is 1. The number of ketones is 1.